The molecule has 2 heterocycles. The lowest BCUT2D eigenvalue weighted by molar-refractivity contribution is 0.0796. The fourth-order valence-corrected chi connectivity index (χ4v) is 2.64. The molecular formula is C21H19N5O. The van der Waals surface area contributed by atoms with Crippen molar-refractivity contribution >= 4 is 17.3 Å². The van der Waals surface area contributed by atoms with Gasteiger partial charge in [-0.25, -0.2) is 0 Å². The molecule has 6 nitrogen and oxygen atoms in total. The molecule has 0 radical (unpaired) electrons. The van der Waals surface area contributed by atoms with Crippen LogP contribution in [0.15, 0.2) is 67.3 Å². The Kier molecular flexibility index (Phi) is 5.75. The van der Waals surface area contributed by atoms with Gasteiger partial charge in [0.1, 0.15) is 6.07 Å². The molecule has 0 fully saturated rings. The quantitative estimate of drug-likeness (QED) is 0.731. The summed E-state index contributed by atoms with van der Waals surface area (Å²) in [5.74, 6) is -0.103. The van der Waals surface area contributed by atoms with Crippen molar-refractivity contribution in [1.29, 1.82) is 5.26 Å². The van der Waals surface area contributed by atoms with Gasteiger partial charge in [-0.15, -0.1) is 0 Å². The maximum absolute atomic E-state index is 12.7. The molecule has 3 rings (SSSR count). The molecule has 0 saturated heterocycles. The Morgan fingerprint density at radius 3 is 2.70 bits per heavy atom. The third kappa shape index (κ3) is 4.67. The van der Waals surface area contributed by atoms with E-state index in [0.29, 0.717) is 29.0 Å². The Labute approximate surface area is 158 Å². The summed E-state index contributed by atoms with van der Waals surface area (Å²) in [6.07, 6.45) is 7.42. The molecule has 1 aromatic carbocycles. The van der Waals surface area contributed by atoms with Gasteiger partial charge in [-0.1, -0.05) is 12.1 Å². The van der Waals surface area contributed by atoms with Gasteiger partial charge < -0.3 is 10.2 Å². The van der Waals surface area contributed by atoms with E-state index < -0.39 is 0 Å². The minimum absolute atomic E-state index is 0.103. The second kappa shape index (κ2) is 8.59. The van der Waals surface area contributed by atoms with E-state index in [1.165, 1.54) is 0 Å². The van der Waals surface area contributed by atoms with Crippen LogP contribution in [0.1, 0.15) is 21.5 Å². The summed E-state index contributed by atoms with van der Waals surface area (Å²) in [6, 6.07) is 15.0. The summed E-state index contributed by atoms with van der Waals surface area (Å²) < 4.78 is 0. The summed E-state index contributed by atoms with van der Waals surface area (Å²) in [7, 11) is 1.77. The molecule has 3 aromatic rings. The number of hydrogen-bond acceptors (Lipinski definition) is 5. The maximum atomic E-state index is 12.7. The number of rotatable bonds is 6. The molecule has 0 bridgehead atoms. The first-order chi connectivity index (χ1) is 13.2. The highest BCUT2D eigenvalue weighted by Gasteiger charge is 2.13. The number of hydrogen-bond donors (Lipinski definition) is 1. The SMILES string of the molecule is CN(CCc1ccncc1)C(=O)c1cncc(Nc2ccccc2C#N)c1. The molecule has 1 amide bonds. The Hall–Kier alpha value is -3.72. The number of carbonyl (C=O) groups is 1. The van der Waals surface area contributed by atoms with Crippen LogP contribution in [0.4, 0.5) is 11.4 Å². The van der Waals surface area contributed by atoms with E-state index >= 15 is 0 Å². The van der Waals surface area contributed by atoms with Gasteiger partial charge in [0.15, 0.2) is 0 Å². The van der Waals surface area contributed by atoms with Crippen molar-refractivity contribution in [1.82, 2.24) is 14.9 Å². The highest BCUT2D eigenvalue weighted by atomic mass is 16.2. The summed E-state index contributed by atoms with van der Waals surface area (Å²) in [6.45, 7) is 0.595. The highest BCUT2D eigenvalue weighted by molar-refractivity contribution is 5.94. The number of anilines is 2. The van der Waals surface area contributed by atoms with Crippen LogP contribution >= 0.6 is 0 Å². The summed E-state index contributed by atoms with van der Waals surface area (Å²) in [4.78, 5) is 22.5. The van der Waals surface area contributed by atoms with Crippen LogP contribution in [-0.2, 0) is 6.42 Å². The zero-order valence-corrected chi connectivity index (χ0v) is 15.0. The van der Waals surface area contributed by atoms with E-state index in [4.69, 9.17) is 0 Å². The molecule has 6 heteroatoms. The minimum Gasteiger partial charge on any atom is -0.353 e. The second-order valence-corrected chi connectivity index (χ2v) is 6.08. The lowest BCUT2D eigenvalue weighted by Crippen LogP contribution is -2.29. The molecule has 0 unspecified atom stereocenters. The summed E-state index contributed by atoms with van der Waals surface area (Å²) in [5.41, 5.74) is 3.49. The van der Waals surface area contributed by atoms with Crippen LogP contribution in [0.5, 0.6) is 0 Å². The van der Waals surface area contributed by atoms with Crippen molar-refractivity contribution in [3.63, 3.8) is 0 Å². The molecule has 1 N–H and O–H groups in total. The van der Waals surface area contributed by atoms with Crippen molar-refractivity contribution in [2.75, 3.05) is 18.9 Å². The van der Waals surface area contributed by atoms with Gasteiger partial charge in [-0.05, 0) is 42.3 Å². The highest BCUT2D eigenvalue weighted by Crippen LogP contribution is 2.20. The van der Waals surface area contributed by atoms with E-state index in [-0.39, 0.29) is 5.91 Å². The predicted molar refractivity (Wildman–Crippen MR) is 104 cm³/mol. The fourth-order valence-electron chi connectivity index (χ4n) is 2.64. The zero-order chi connectivity index (χ0) is 19.1. The van der Waals surface area contributed by atoms with Crippen LogP contribution in [-0.4, -0.2) is 34.4 Å². The van der Waals surface area contributed by atoms with Gasteiger partial charge in [0.25, 0.3) is 5.91 Å². The molecule has 0 aliphatic heterocycles. The number of carbonyl (C=O) groups excluding carboxylic acids is 1. The number of likely N-dealkylation sites (N-methyl/N-ethyl adjacent to an activating group) is 1. The van der Waals surface area contributed by atoms with Crippen molar-refractivity contribution in [2.45, 2.75) is 6.42 Å². The molecule has 0 saturated carbocycles. The fraction of sp³-hybridized carbons (Fsp3) is 0.143. The smallest absolute Gasteiger partial charge is 0.255 e. The summed E-state index contributed by atoms with van der Waals surface area (Å²) >= 11 is 0. The second-order valence-electron chi connectivity index (χ2n) is 6.08. The first kappa shape index (κ1) is 18.1. The first-order valence-corrected chi connectivity index (χ1v) is 8.53. The molecule has 0 aliphatic rings. The van der Waals surface area contributed by atoms with Gasteiger partial charge in [0.2, 0.25) is 0 Å². The average Bonchev–Trinajstić information content (AvgIpc) is 2.73. The number of pyridine rings is 2. The third-order valence-electron chi connectivity index (χ3n) is 4.14. The third-order valence-corrected chi connectivity index (χ3v) is 4.14. The number of para-hydroxylation sites is 1. The predicted octanol–water partition coefficient (Wildman–Crippen LogP) is 3.41. The summed E-state index contributed by atoms with van der Waals surface area (Å²) in [5, 5.41) is 12.3. The molecule has 0 atom stereocenters. The standard InChI is InChI=1S/C21H19N5O/c1-26(11-8-16-6-9-23-10-7-16)21(27)18-12-19(15-24-14-18)25-20-5-3-2-4-17(20)13-22/h2-7,9-10,12,14-15,25H,8,11H2,1H3. The topological polar surface area (TPSA) is 81.9 Å². The van der Waals surface area contributed by atoms with Crippen LogP contribution in [0.2, 0.25) is 0 Å². The largest absolute Gasteiger partial charge is 0.353 e. The van der Waals surface area contributed by atoms with Crippen LogP contribution in [0, 0.1) is 11.3 Å². The van der Waals surface area contributed by atoms with Crippen LogP contribution in [0.3, 0.4) is 0 Å². The van der Waals surface area contributed by atoms with Crippen molar-refractivity contribution in [3.8, 4) is 6.07 Å². The number of nitriles is 1. The van der Waals surface area contributed by atoms with Gasteiger partial charge in [-0.3, -0.25) is 14.8 Å². The number of aromatic nitrogens is 2. The Morgan fingerprint density at radius 2 is 1.93 bits per heavy atom. The van der Waals surface area contributed by atoms with Crippen molar-refractivity contribution in [2.24, 2.45) is 0 Å². The van der Waals surface area contributed by atoms with Gasteiger partial charge in [-0.2, -0.15) is 5.26 Å². The lowest BCUT2D eigenvalue weighted by atomic mass is 10.1. The maximum Gasteiger partial charge on any atom is 0.255 e. The Bertz CT molecular complexity index is 966. The molecule has 2 aromatic heterocycles. The van der Waals surface area contributed by atoms with E-state index in [0.717, 1.165) is 12.0 Å². The molecule has 0 aliphatic carbocycles. The molecular weight excluding hydrogens is 338 g/mol. The molecule has 134 valence electrons. The zero-order valence-electron chi connectivity index (χ0n) is 15.0. The van der Waals surface area contributed by atoms with E-state index in [9.17, 15) is 10.1 Å². The van der Waals surface area contributed by atoms with Gasteiger partial charge in [0, 0.05) is 32.2 Å². The van der Waals surface area contributed by atoms with Crippen LogP contribution < -0.4 is 5.32 Å². The van der Waals surface area contributed by atoms with E-state index in [2.05, 4.69) is 21.4 Å². The lowest BCUT2D eigenvalue weighted by Gasteiger charge is -2.17. The monoisotopic (exact) mass is 357 g/mol. The minimum atomic E-state index is -0.103. The van der Waals surface area contributed by atoms with Crippen LogP contribution in [0.25, 0.3) is 0 Å². The normalized spacial score (nSPS) is 10.1. The number of amides is 1. The number of benzene rings is 1. The van der Waals surface area contributed by atoms with Gasteiger partial charge in [0.05, 0.1) is 28.7 Å². The van der Waals surface area contributed by atoms with E-state index in [1.807, 2.05) is 24.3 Å². The molecule has 27 heavy (non-hydrogen) atoms. The number of nitrogens with zero attached hydrogens (tertiary/aromatic N) is 4. The molecule has 0 spiro atoms. The van der Waals surface area contributed by atoms with Crippen molar-refractivity contribution < 1.29 is 4.79 Å². The number of nitrogens with one attached hydrogen (secondary N) is 1. The van der Waals surface area contributed by atoms with E-state index in [1.54, 1.807) is 54.9 Å². The average molecular weight is 357 g/mol. The Morgan fingerprint density at radius 1 is 1.15 bits per heavy atom. The van der Waals surface area contributed by atoms with Crippen molar-refractivity contribution in [3.05, 3.63) is 83.9 Å². The first-order valence-electron chi connectivity index (χ1n) is 8.53. The van der Waals surface area contributed by atoms with Gasteiger partial charge >= 0.3 is 0 Å². The Balaban J connectivity index is 1.69.